The van der Waals surface area contributed by atoms with Crippen LogP contribution in [0.5, 0.6) is 0 Å². The van der Waals surface area contributed by atoms with Gasteiger partial charge in [0.25, 0.3) is 0 Å². The topological polar surface area (TPSA) is 63.1 Å². The van der Waals surface area contributed by atoms with E-state index in [0.717, 1.165) is 16.8 Å². The van der Waals surface area contributed by atoms with Gasteiger partial charge in [-0.1, -0.05) is 11.2 Å². The fraction of sp³-hybridized carbons (Fsp3) is 0.167. The van der Waals surface area contributed by atoms with Crippen LogP contribution in [-0.4, -0.2) is 24.8 Å². The van der Waals surface area contributed by atoms with Crippen LogP contribution in [0.4, 0.5) is 10.1 Å². The standard InChI is InChI=1S/C18H18FN3O2/c1-12-4-9-16(10-13(12)2)21-22-17(11-20-24-3)18(23)14-5-7-15(19)8-6-14/h4-11,21H,1-3H3/b20-11+,22-17-. The number of aryl methyl sites for hydroxylation is 2. The van der Waals surface area contributed by atoms with E-state index in [1.165, 1.54) is 37.6 Å². The van der Waals surface area contributed by atoms with E-state index in [1.54, 1.807) is 0 Å². The van der Waals surface area contributed by atoms with E-state index in [4.69, 9.17) is 0 Å². The van der Waals surface area contributed by atoms with E-state index < -0.39 is 11.6 Å². The van der Waals surface area contributed by atoms with Crippen molar-refractivity contribution in [2.75, 3.05) is 12.5 Å². The van der Waals surface area contributed by atoms with Gasteiger partial charge in [0.05, 0.1) is 11.9 Å². The van der Waals surface area contributed by atoms with Crippen molar-refractivity contribution in [1.82, 2.24) is 0 Å². The lowest BCUT2D eigenvalue weighted by Gasteiger charge is -2.06. The molecule has 0 aliphatic heterocycles. The van der Waals surface area contributed by atoms with Crippen LogP contribution in [0, 0.1) is 19.7 Å². The van der Waals surface area contributed by atoms with Crippen LogP contribution in [0.25, 0.3) is 0 Å². The predicted octanol–water partition coefficient (Wildman–Crippen LogP) is 3.73. The van der Waals surface area contributed by atoms with Crippen LogP contribution >= 0.6 is 0 Å². The number of ketones is 1. The molecule has 1 N–H and O–H groups in total. The summed E-state index contributed by atoms with van der Waals surface area (Å²) in [6, 6.07) is 11.0. The summed E-state index contributed by atoms with van der Waals surface area (Å²) in [6.07, 6.45) is 1.21. The molecule has 0 aliphatic carbocycles. The van der Waals surface area contributed by atoms with Gasteiger partial charge in [0.15, 0.2) is 5.71 Å². The molecule has 2 aromatic rings. The van der Waals surface area contributed by atoms with E-state index in [9.17, 15) is 9.18 Å². The highest BCUT2D eigenvalue weighted by Gasteiger charge is 2.13. The average molecular weight is 327 g/mol. The lowest BCUT2D eigenvalue weighted by atomic mass is 10.1. The second-order valence-electron chi connectivity index (χ2n) is 5.16. The molecule has 0 bridgehead atoms. The molecular formula is C18H18FN3O2. The number of oxime groups is 1. The Bertz CT molecular complexity index is 783. The first-order chi connectivity index (χ1) is 11.5. The minimum atomic E-state index is -0.413. The largest absolute Gasteiger partial charge is 0.399 e. The van der Waals surface area contributed by atoms with Crippen molar-refractivity contribution in [3.63, 3.8) is 0 Å². The molecule has 0 fully saturated rings. The Kier molecular flexibility index (Phi) is 5.78. The summed E-state index contributed by atoms with van der Waals surface area (Å²) >= 11 is 0. The number of hydrazone groups is 1. The predicted molar refractivity (Wildman–Crippen MR) is 93.2 cm³/mol. The number of Topliss-reactive ketones (excluding diaryl/α,β-unsaturated/α-hetero) is 1. The van der Waals surface area contributed by atoms with Gasteiger partial charge in [-0.15, -0.1) is 0 Å². The molecule has 2 rings (SSSR count). The number of nitrogens with one attached hydrogen (secondary N) is 1. The maximum absolute atomic E-state index is 13.0. The van der Waals surface area contributed by atoms with Crippen molar-refractivity contribution in [2.24, 2.45) is 10.3 Å². The molecule has 2 aromatic carbocycles. The maximum Gasteiger partial charge on any atom is 0.214 e. The van der Waals surface area contributed by atoms with Crippen molar-refractivity contribution < 1.29 is 14.0 Å². The third kappa shape index (κ3) is 4.49. The summed E-state index contributed by atoms with van der Waals surface area (Å²) in [4.78, 5) is 17.1. The number of carbonyl (C=O) groups is 1. The highest BCUT2D eigenvalue weighted by molar-refractivity contribution is 6.64. The normalized spacial score (nSPS) is 11.6. The molecular weight excluding hydrogens is 309 g/mol. The van der Waals surface area contributed by atoms with Crippen molar-refractivity contribution in [3.05, 3.63) is 65.0 Å². The smallest absolute Gasteiger partial charge is 0.214 e. The molecule has 124 valence electrons. The molecule has 0 unspecified atom stereocenters. The highest BCUT2D eigenvalue weighted by Crippen LogP contribution is 2.14. The van der Waals surface area contributed by atoms with Crippen LogP contribution in [0.15, 0.2) is 52.7 Å². The molecule has 0 aromatic heterocycles. The second-order valence-corrected chi connectivity index (χ2v) is 5.16. The molecule has 0 radical (unpaired) electrons. The minimum absolute atomic E-state index is 0.0432. The molecule has 6 heteroatoms. The van der Waals surface area contributed by atoms with Gasteiger partial charge >= 0.3 is 0 Å². The van der Waals surface area contributed by atoms with E-state index in [0.29, 0.717) is 5.56 Å². The first-order valence-corrected chi connectivity index (χ1v) is 7.29. The van der Waals surface area contributed by atoms with Crippen LogP contribution in [0.3, 0.4) is 0 Å². The van der Waals surface area contributed by atoms with Gasteiger partial charge in [0, 0.05) is 5.56 Å². The van der Waals surface area contributed by atoms with Crippen LogP contribution in [0.2, 0.25) is 0 Å². The Balaban J connectivity index is 2.26. The molecule has 0 spiro atoms. The molecule has 0 saturated heterocycles. The fourth-order valence-corrected chi connectivity index (χ4v) is 1.93. The van der Waals surface area contributed by atoms with Gasteiger partial charge in [-0.3, -0.25) is 10.2 Å². The van der Waals surface area contributed by atoms with Crippen LogP contribution in [-0.2, 0) is 4.84 Å². The molecule has 0 aliphatic rings. The summed E-state index contributed by atoms with van der Waals surface area (Å²) < 4.78 is 13.0. The Morgan fingerprint density at radius 1 is 1.12 bits per heavy atom. The summed E-state index contributed by atoms with van der Waals surface area (Å²) in [5.41, 5.74) is 6.19. The SMILES string of the molecule is CO/N=C/C(=N/Nc1ccc(C)c(C)c1)C(=O)c1ccc(F)cc1. The molecule has 5 nitrogen and oxygen atoms in total. The van der Waals surface area contributed by atoms with Crippen molar-refractivity contribution >= 4 is 23.4 Å². The van der Waals surface area contributed by atoms with Crippen molar-refractivity contribution in [3.8, 4) is 0 Å². The molecule has 24 heavy (non-hydrogen) atoms. The number of carbonyl (C=O) groups excluding carboxylic acids is 1. The lowest BCUT2D eigenvalue weighted by Crippen LogP contribution is -2.18. The number of nitrogens with zero attached hydrogens (tertiary/aromatic N) is 2. The average Bonchev–Trinajstić information content (AvgIpc) is 2.58. The number of hydrogen-bond acceptors (Lipinski definition) is 5. The van der Waals surface area contributed by atoms with Gasteiger partial charge in [0.2, 0.25) is 5.78 Å². The first kappa shape index (κ1) is 17.3. The van der Waals surface area contributed by atoms with Gasteiger partial charge in [-0.25, -0.2) is 4.39 Å². The van der Waals surface area contributed by atoms with E-state index in [-0.39, 0.29) is 5.71 Å². The summed E-state index contributed by atoms with van der Waals surface area (Å²) in [7, 11) is 1.37. The monoisotopic (exact) mass is 327 g/mol. The molecule has 0 saturated carbocycles. The number of rotatable bonds is 6. The van der Waals surface area contributed by atoms with Gasteiger partial charge in [-0.2, -0.15) is 5.10 Å². The fourth-order valence-electron chi connectivity index (χ4n) is 1.93. The highest BCUT2D eigenvalue weighted by atomic mass is 19.1. The Morgan fingerprint density at radius 2 is 1.83 bits per heavy atom. The quantitative estimate of drug-likeness (QED) is 0.499. The molecule has 0 heterocycles. The van der Waals surface area contributed by atoms with Crippen molar-refractivity contribution in [1.29, 1.82) is 0 Å². The van der Waals surface area contributed by atoms with E-state index in [1.807, 2.05) is 32.0 Å². The number of anilines is 1. The van der Waals surface area contributed by atoms with Gasteiger partial charge in [0.1, 0.15) is 12.9 Å². The summed E-state index contributed by atoms with van der Waals surface area (Å²) in [6.45, 7) is 4.00. The molecule has 0 atom stereocenters. The van der Waals surface area contributed by atoms with Gasteiger partial charge in [-0.05, 0) is 61.4 Å². The lowest BCUT2D eigenvalue weighted by molar-refractivity contribution is 0.106. The van der Waals surface area contributed by atoms with Crippen molar-refractivity contribution in [2.45, 2.75) is 13.8 Å². The number of hydrogen-bond donors (Lipinski definition) is 1. The van der Waals surface area contributed by atoms with E-state index >= 15 is 0 Å². The first-order valence-electron chi connectivity index (χ1n) is 7.29. The Morgan fingerprint density at radius 3 is 2.46 bits per heavy atom. The zero-order chi connectivity index (χ0) is 17.5. The Hall–Kier alpha value is -3.02. The third-order valence-electron chi connectivity index (χ3n) is 3.43. The second kappa shape index (κ2) is 8.01. The third-order valence-corrected chi connectivity index (χ3v) is 3.43. The van der Waals surface area contributed by atoms with Crippen LogP contribution in [0.1, 0.15) is 21.5 Å². The Labute approximate surface area is 139 Å². The minimum Gasteiger partial charge on any atom is -0.399 e. The summed E-state index contributed by atoms with van der Waals surface area (Å²) in [5, 5.41) is 7.68. The zero-order valence-corrected chi connectivity index (χ0v) is 13.7. The van der Waals surface area contributed by atoms with Crippen LogP contribution < -0.4 is 5.43 Å². The number of halogens is 1. The number of benzene rings is 2. The van der Waals surface area contributed by atoms with Gasteiger partial charge < -0.3 is 4.84 Å². The summed E-state index contributed by atoms with van der Waals surface area (Å²) in [5.74, 6) is -0.809. The zero-order valence-electron chi connectivity index (χ0n) is 13.7. The molecule has 0 amide bonds. The van der Waals surface area contributed by atoms with E-state index in [2.05, 4.69) is 20.5 Å². The maximum atomic E-state index is 13.0.